The average molecular weight is 1340 g/mol. The number of hydrogen-bond acceptors (Lipinski definition) is 15. The molecule has 0 spiro atoms. The standard InChI is InChI=1S/C72H140O17P2/c1-8-10-11-12-13-22-32-39-46-53-69(74)82-59-68(89-72(77)56-49-42-35-28-27-31-38-45-52-65(7)9-2)62-87-91(80,81)85-58-66(73)57-84-90(78,79)86-61-67(60-83-70(75)54-47-40-33-25-21-17-19-24-30-37-44-51-64(5)6)88-71(76)55-48-41-34-26-20-16-14-15-18-23-29-36-43-50-63(3)4/h63-68,73H,8-62H2,1-7H3,(H,78,79)(H,80,81)/t65?,66-,67-,68-/m1/s1. The molecule has 0 aliphatic carbocycles. The third-order valence-electron chi connectivity index (χ3n) is 17.0. The highest BCUT2D eigenvalue weighted by Gasteiger charge is 2.30. The molecule has 0 radical (unpaired) electrons. The molecular formula is C72H140O17P2. The zero-order chi connectivity index (χ0) is 67.3. The van der Waals surface area contributed by atoms with Crippen molar-refractivity contribution in [3.63, 3.8) is 0 Å². The van der Waals surface area contributed by atoms with Gasteiger partial charge in [0.25, 0.3) is 0 Å². The first-order chi connectivity index (χ1) is 43.8. The molecule has 0 amide bonds. The first-order valence-electron chi connectivity index (χ1n) is 37.4. The zero-order valence-electron chi connectivity index (χ0n) is 59.3. The Morgan fingerprint density at radius 1 is 0.319 bits per heavy atom. The van der Waals surface area contributed by atoms with Crippen molar-refractivity contribution < 1.29 is 80.2 Å². The van der Waals surface area contributed by atoms with E-state index in [1.54, 1.807) is 0 Å². The Balaban J connectivity index is 5.25. The summed E-state index contributed by atoms with van der Waals surface area (Å²) in [5.41, 5.74) is 0. The fourth-order valence-corrected chi connectivity index (χ4v) is 12.4. The van der Waals surface area contributed by atoms with Crippen molar-refractivity contribution in [1.82, 2.24) is 0 Å². The lowest BCUT2D eigenvalue weighted by Gasteiger charge is -2.21. The Kier molecular flexibility index (Phi) is 61.5. The smallest absolute Gasteiger partial charge is 0.462 e. The summed E-state index contributed by atoms with van der Waals surface area (Å²) >= 11 is 0. The summed E-state index contributed by atoms with van der Waals surface area (Å²) in [6.45, 7) is 11.9. The fourth-order valence-electron chi connectivity index (χ4n) is 10.9. The number of phosphoric acid groups is 2. The Hall–Kier alpha value is -1.94. The minimum absolute atomic E-state index is 0.105. The first kappa shape index (κ1) is 89.1. The van der Waals surface area contributed by atoms with Gasteiger partial charge in [0.1, 0.15) is 19.3 Å². The lowest BCUT2D eigenvalue weighted by Crippen LogP contribution is -2.30. The monoisotopic (exact) mass is 1340 g/mol. The van der Waals surface area contributed by atoms with Crippen LogP contribution in [-0.2, 0) is 65.4 Å². The van der Waals surface area contributed by atoms with Crippen molar-refractivity contribution >= 4 is 39.5 Å². The van der Waals surface area contributed by atoms with Crippen molar-refractivity contribution in [3.8, 4) is 0 Å². The summed E-state index contributed by atoms with van der Waals surface area (Å²) in [5, 5.41) is 10.6. The molecule has 6 atom stereocenters. The maximum atomic E-state index is 13.0. The molecule has 0 rings (SSSR count). The minimum atomic E-state index is -4.95. The van der Waals surface area contributed by atoms with Crippen molar-refractivity contribution in [1.29, 1.82) is 0 Å². The third kappa shape index (κ3) is 65.1. The maximum absolute atomic E-state index is 13.0. The number of rotatable bonds is 70. The van der Waals surface area contributed by atoms with Crippen LogP contribution < -0.4 is 0 Å². The van der Waals surface area contributed by atoms with Gasteiger partial charge < -0.3 is 33.8 Å². The van der Waals surface area contributed by atoms with Gasteiger partial charge in [0, 0.05) is 25.7 Å². The Bertz CT molecular complexity index is 1790. The van der Waals surface area contributed by atoms with Gasteiger partial charge in [-0.3, -0.25) is 37.3 Å². The molecule has 3 unspecified atom stereocenters. The number of ether oxygens (including phenoxy) is 4. The van der Waals surface area contributed by atoms with Crippen LogP contribution in [0, 0.1) is 17.8 Å². The van der Waals surface area contributed by atoms with E-state index in [9.17, 15) is 43.2 Å². The summed E-state index contributed by atoms with van der Waals surface area (Å²) in [6, 6.07) is 0. The summed E-state index contributed by atoms with van der Waals surface area (Å²) in [5.74, 6) is 0.202. The van der Waals surface area contributed by atoms with Crippen molar-refractivity contribution in [2.45, 2.75) is 381 Å². The minimum Gasteiger partial charge on any atom is -0.462 e. The number of hydrogen-bond donors (Lipinski definition) is 3. The summed E-state index contributed by atoms with van der Waals surface area (Å²) in [4.78, 5) is 72.6. The molecule has 0 bridgehead atoms. The molecule has 0 aromatic heterocycles. The predicted molar refractivity (Wildman–Crippen MR) is 368 cm³/mol. The molecule has 0 saturated carbocycles. The SMILES string of the molecule is CCCCCCCCCCCC(=O)OC[C@H](COP(=O)(O)OC[C@H](O)COP(=O)(O)OC[C@@H](COC(=O)CCCCCCCCCCCCCC(C)C)OC(=O)CCCCCCCCCCCCCCCC(C)C)OC(=O)CCCCCCCCCCC(C)CC. The van der Waals surface area contributed by atoms with E-state index >= 15 is 0 Å². The lowest BCUT2D eigenvalue weighted by molar-refractivity contribution is -0.161. The van der Waals surface area contributed by atoms with Gasteiger partial charge in [-0.05, 0) is 43.4 Å². The van der Waals surface area contributed by atoms with Gasteiger partial charge in [0.15, 0.2) is 12.2 Å². The van der Waals surface area contributed by atoms with Crippen molar-refractivity contribution in [2.75, 3.05) is 39.6 Å². The second kappa shape index (κ2) is 62.8. The van der Waals surface area contributed by atoms with Gasteiger partial charge in [-0.15, -0.1) is 0 Å². The highest BCUT2D eigenvalue weighted by Crippen LogP contribution is 2.45. The van der Waals surface area contributed by atoms with Crippen LogP contribution in [0.4, 0.5) is 0 Å². The number of carbonyl (C=O) groups excluding carboxylic acids is 4. The molecule has 0 heterocycles. The van der Waals surface area contributed by atoms with Crippen LogP contribution in [0.25, 0.3) is 0 Å². The Morgan fingerprint density at radius 3 is 0.835 bits per heavy atom. The van der Waals surface area contributed by atoms with Crippen molar-refractivity contribution in [3.05, 3.63) is 0 Å². The van der Waals surface area contributed by atoms with Crippen LogP contribution in [0.5, 0.6) is 0 Å². The lowest BCUT2D eigenvalue weighted by atomic mass is 9.99. The van der Waals surface area contributed by atoms with E-state index in [1.807, 2.05) is 0 Å². The third-order valence-corrected chi connectivity index (χ3v) is 18.9. The number of phosphoric ester groups is 2. The first-order valence-corrected chi connectivity index (χ1v) is 40.4. The molecule has 0 saturated heterocycles. The molecule has 3 N–H and O–H groups in total. The van der Waals surface area contributed by atoms with Crippen LogP contribution in [0.1, 0.15) is 363 Å². The Morgan fingerprint density at radius 2 is 0.560 bits per heavy atom. The van der Waals surface area contributed by atoms with Gasteiger partial charge in [0.05, 0.1) is 26.4 Å². The molecule has 0 aromatic carbocycles. The van der Waals surface area contributed by atoms with Crippen molar-refractivity contribution in [2.24, 2.45) is 17.8 Å². The largest absolute Gasteiger partial charge is 0.472 e. The zero-order valence-corrected chi connectivity index (χ0v) is 61.1. The van der Waals surface area contributed by atoms with Crippen LogP contribution in [0.2, 0.25) is 0 Å². The van der Waals surface area contributed by atoms with Crippen LogP contribution in [0.15, 0.2) is 0 Å². The molecule has 0 aliphatic heterocycles. The van der Waals surface area contributed by atoms with Gasteiger partial charge in [0.2, 0.25) is 0 Å². The molecule has 540 valence electrons. The second-order valence-corrected chi connectivity index (χ2v) is 30.1. The van der Waals surface area contributed by atoms with E-state index in [1.165, 1.54) is 173 Å². The van der Waals surface area contributed by atoms with Gasteiger partial charge in [-0.25, -0.2) is 9.13 Å². The van der Waals surface area contributed by atoms with Crippen LogP contribution in [0.3, 0.4) is 0 Å². The summed E-state index contributed by atoms with van der Waals surface area (Å²) in [7, 11) is -9.90. The summed E-state index contributed by atoms with van der Waals surface area (Å²) in [6.07, 6.45) is 47.1. The normalized spacial score (nSPS) is 14.5. The Labute approximate surface area is 556 Å². The molecule has 0 aromatic rings. The highest BCUT2D eigenvalue weighted by atomic mass is 31.2. The van der Waals surface area contributed by atoms with Crippen LogP contribution >= 0.6 is 15.6 Å². The van der Waals surface area contributed by atoms with Gasteiger partial charge in [-0.2, -0.15) is 0 Å². The second-order valence-electron chi connectivity index (χ2n) is 27.2. The highest BCUT2D eigenvalue weighted by molar-refractivity contribution is 7.47. The molecule has 0 aliphatic rings. The van der Waals surface area contributed by atoms with Gasteiger partial charge >= 0.3 is 39.5 Å². The maximum Gasteiger partial charge on any atom is 0.472 e. The molecule has 0 fully saturated rings. The van der Waals surface area contributed by atoms with Gasteiger partial charge in [-0.1, -0.05) is 312 Å². The summed E-state index contributed by atoms with van der Waals surface area (Å²) < 4.78 is 68.3. The van der Waals surface area contributed by atoms with E-state index < -0.39 is 97.5 Å². The number of aliphatic hydroxyl groups excluding tert-OH is 1. The molecule has 91 heavy (non-hydrogen) atoms. The van der Waals surface area contributed by atoms with E-state index in [0.29, 0.717) is 25.7 Å². The fraction of sp³-hybridized carbons (Fsp3) is 0.944. The molecule has 17 nitrogen and oxygen atoms in total. The van der Waals surface area contributed by atoms with Crippen LogP contribution in [-0.4, -0.2) is 96.7 Å². The number of aliphatic hydroxyl groups is 1. The average Bonchev–Trinajstić information content (AvgIpc) is 2.18. The number of unbranched alkanes of at least 4 members (excludes halogenated alkanes) is 37. The number of carbonyl (C=O) groups is 4. The topological polar surface area (TPSA) is 237 Å². The van der Waals surface area contributed by atoms with E-state index in [-0.39, 0.29) is 25.7 Å². The van der Waals surface area contributed by atoms with E-state index in [2.05, 4.69) is 48.5 Å². The van der Waals surface area contributed by atoms with E-state index in [0.717, 1.165) is 108 Å². The quantitative estimate of drug-likeness (QED) is 0.0222. The predicted octanol–water partition coefficient (Wildman–Crippen LogP) is 20.6. The number of esters is 4. The molecular weight excluding hydrogens is 1200 g/mol. The van der Waals surface area contributed by atoms with E-state index in [4.69, 9.17) is 37.0 Å². The molecule has 19 heteroatoms.